The number of hydrogen-bond acceptors (Lipinski definition) is 6. The van der Waals surface area contributed by atoms with E-state index in [4.69, 9.17) is 9.47 Å². The van der Waals surface area contributed by atoms with Crippen LogP contribution in [0.3, 0.4) is 0 Å². The fourth-order valence-corrected chi connectivity index (χ4v) is 2.93. The molecule has 2 aromatic carbocycles. The number of ether oxygens (including phenoxy) is 2. The first-order chi connectivity index (χ1) is 14.1. The van der Waals surface area contributed by atoms with Gasteiger partial charge in [-0.05, 0) is 41.3 Å². The zero-order valence-corrected chi connectivity index (χ0v) is 16.3. The number of nitrogens with one attached hydrogen (secondary N) is 2. The largest absolute Gasteiger partial charge is 0.454 e. The van der Waals surface area contributed by atoms with Crippen LogP contribution in [0.5, 0.6) is 11.5 Å². The lowest BCUT2D eigenvalue weighted by Crippen LogP contribution is -2.14. The van der Waals surface area contributed by atoms with E-state index in [-0.39, 0.29) is 18.4 Å². The Labute approximate surface area is 169 Å². The molecule has 29 heavy (non-hydrogen) atoms. The van der Waals surface area contributed by atoms with Crippen molar-refractivity contribution in [3.63, 3.8) is 0 Å². The van der Waals surface area contributed by atoms with Gasteiger partial charge in [0.05, 0.1) is 12.4 Å². The molecule has 7 nitrogen and oxygen atoms in total. The number of rotatable bonds is 6. The van der Waals surface area contributed by atoms with Gasteiger partial charge in [0.25, 0.3) is 5.91 Å². The molecule has 1 aromatic heterocycles. The fraction of sp³-hybridized carbons (Fsp3) is 0.227. The Kier molecular flexibility index (Phi) is 5.29. The molecule has 0 saturated carbocycles. The maximum atomic E-state index is 12.4. The summed E-state index contributed by atoms with van der Waals surface area (Å²) in [5.41, 5.74) is 3.24. The third-order valence-corrected chi connectivity index (χ3v) is 4.63. The third-order valence-electron chi connectivity index (χ3n) is 4.63. The Morgan fingerprint density at radius 1 is 1.03 bits per heavy atom. The summed E-state index contributed by atoms with van der Waals surface area (Å²) in [5, 5.41) is 6.02. The Morgan fingerprint density at radius 2 is 1.83 bits per heavy atom. The van der Waals surface area contributed by atoms with Crippen LogP contribution in [0.25, 0.3) is 0 Å². The molecular formula is C22H22N4O3. The average Bonchev–Trinajstić information content (AvgIpc) is 3.21. The maximum absolute atomic E-state index is 12.4. The van der Waals surface area contributed by atoms with Crippen molar-refractivity contribution in [1.82, 2.24) is 9.97 Å². The molecular weight excluding hydrogens is 368 g/mol. The minimum Gasteiger partial charge on any atom is -0.454 e. The van der Waals surface area contributed by atoms with E-state index >= 15 is 0 Å². The predicted molar refractivity (Wildman–Crippen MR) is 110 cm³/mol. The van der Waals surface area contributed by atoms with E-state index in [1.54, 1.807) is 6.20 Å². The number of nitrogens with zero attached hydrogens (tertiary/aromatic N) is 2. The van der Waals surface area contributed by atoms with Gasteiger partial charge in [-0.2, -0.15) is 0 Å². The summed E-state index contributed by atoms with van der Waals surface area (Å²) in [7, 11) is 0. The highest BCUT2D eigenvalue weighted by atomic mass is 16.7. The van der Waals surface area contributed by atoms with Gasteiger partial charge in [0.2, 0.25) is 6.79 Å². The zero-order valence-electron chi connectivity index (χ0n) is 16.3. The minimum absolute atomic E-state index is 0.253. The van der Waals surface area contributed by atoms with E-state index < -0.39 is 0 Å². The fourth-order valence-electron chi connectivity index (χ4n) is 2.93. The number of aromatic nitrogens is 2. The number of hydrogen-bond donors (Lipinski definition) is 2. The number of carbonyl (C=O) groups is 1. The Morgan fingerprint density at radius 3 is 2.55 bits per heavy atom. The Hall–Kier alpha value is -3.61. The molecule has 0 spiro atoms. The van der Waals surface area contributed by atoms with E-state index in [1.165, 1.54) is 11.8 Å². The van der Waals surface area contributed by atoms with E-state index in [1.807, 2.05) is 42.5 Å². The lowest BCUT2D eigenvalue weighted by Gasteiger charge is -2.09. The topological polar surface area (TPSA) is 85.4 Å². The van der Waals surface area contributed by atoms with Gasteiger partial charge in [0.1, 0.15) is 11.5 Å². The molecule has 0 aliphatic carbocycles. The molecule has 2 N–H and O–H groups in total. The summed E-state index contributed by atoms with van der Waals surface area (Å²) in [6, 6.07) is 13.6. The number of amides is 1. The number of anilines is 2. The molecule has 0 radical (unpaired) electrons. The van der Waals surface area contributed by atoms with Crippen molar-refractivity contribution in [2.45, 2.75) is 26.3 Å². The molecule has 0 atom stereocenters. The van der Waals surface area contributed by atoms with Gasteiger partial charge < -0.3 is 20.1 Å². The van der Waals surface area contributed by atoms with Gasteiger partial charge in [-0.25, -0.2) is 9.97 Å². The van der Waals surface area contributed by atoms with Gasteiger partial charge in [-0.3, -0.25) is 4.79 Å². The molecule has 0 bridgehead atoms. The molecule has 2 heterocycles. The highest BCUT2D eigenvalue weighted by molar-refractivity contribution is 6.02. The SMILES string of the molecule is CC(C)c1ccc(NC(=O)c2cnc(NCc3ccc4c(c3)OCO4)cn2)cc1. The van der Waals surface area contributed by atoms with E-state index in [9.17, 15) is 4.79 Å². The Bertz CT molecular complexity index is 1000. The van der Waals surface area contributed by atoms with Crippen molar-refractivity contribution in [1.29, 1.82) is 0 Å². The second kappa shape index (κ2) is 8.18. The molecule has 3 aromatic rings. The zero-order chi connectivity index (χ0) is 20.2. The lowest BCUT2D eigenvalue weighted by molar-refractivity contribution is 0.102. The van der Waals surface area contributed by atoms with Gasteiger partial charge in [-0.1, -0.05) is 32.0 Å². The normalized spacial score (nSPS) is 12.1. The minimum atomic E-state index is -0.294. The van der Waals surface area contributed by atoms with Crippen LogP contribution >= 0.6 is 0 Å². The molecule has 1 amide bonds. The van der Waals surface area contributed by atoms with E-state index in [2.05, 4.69) is 34.4 Å². The number of benzene rings is 2. The maximum Gasteiger partial charge on any atom is 0.275 e. The highest BCUT2D eigenvalue weighted by Gasteiger charge is 2.13. The molecule has 148 valence electrons. The van der Waals surface area contributed by atoms with Crippen molar-refractivity contribution in [2.75, 3.05) is 17.4 Å². The van der Waals surface area contributed by atoms with E-state index in [0.717, 1.165) is 22.7 Å². The first kappa shape index (κ1) is 18.7. The lowest BCUT2D eigenvalue weighted by atomic mass is 10.0. The monoisotopic (exact) mass is 390 g/mol. The van der Waals surface area contributed by atoms with Crippen LogP contribution < -0.4 is 20.1 Å². The van der Waals surface area contributed by atoms with Gasteiger partial charge in [0, 0.05) is 12.2 Å². The summed E-state index contributed by atoms with van der Waals surface area (Å²) in [6.45, 7) is 5.07. The number of carbonyl (C=O) groups excluding carboxylic acids is 1. The van der Waals surface area contributed by atoms with Crippen molar-refractivity contribution < 1.29 is 14.3 Å². The van der Waals surface area contributed by atoms with Gasteiger partial charge in [0.15, 0.2) is 11.5 Å². The van der Waals surface area contributed by atoms with Crippen LogP contribution in [0.2, 0.25) is 0 Å². The standard InChI is InChI=1S/C22H22N4O3/c1-14(2)16-4-6-17(7-5-16)26-22(27)18-11-25-21(12-23-18)24-10-15-3-8-19-20(9-15)29-13-28-19/h3-9,11-12,14H,10,13H2,1-2H3,(H,24,25)(H,26,27). The van der Waals surface area contributed by atoms with E-state index in [0.29, 0.717) is 18.3 Å². The van der Waals surface area contributed by atoms with Gasteiger partial charge >= 0.3 is 0 Å². The second-order valence-corrected chi connectivity index (χ2v) is 7.06. The van der Waals surface area contributed by atoms with Crippen LogP contribution in [-0.4, -0.2) is 22.7 Å². The van der Waals surface area contributed by atoms with Gasteiger partial charge in [-0.15, -0.1) is 0 Å². The van der Waals surface area contributed by atoms with Crippen LogP contribution in [0.1, 0.15) is 41.4 Å². The summed E-state index contributed by atoms with van der Waals surface area (Å²) in [6.07, 6.45) is 3.00. The first-order valence-electron chi connectivity index (χ1n) is 9.44. The molecule has 0 unspecified atom stereocenters. The molecule has 7 heteroatoms. The summed E-state index contributed by atoms with van der Waals surface area (Å²) >= 11 is 0. The quantitative estimate of drug-likeness (QED) is 0.656. The molecule has 0 fully saturated rings. The van der Waals surface area contributed by atoms with Crippen molar-refractivity contribution in [3.8, 4) is 11.5 Å². The summed E-state index contributed by atoms with van der Waals surface area (Å²) < 4.78 is 10.7. The van der Waals surface area contributed by atoms with Crippen molar-refractivity contribution in [2.24, 2.45) is 0 Å². The third kappa shape index (κ3) is 4.45. The summed E-state index contributed by atoms with van der Waals surface area (Å²) in [5.74, 6) is 2.23. The first-order valence-corrected chi connectivity index (χ1v) is 9.44. The molecule has 1 aliphatic rings. The predicted octanol–water partition coefficient (Wildman–Crippen LogP) is 4.19. The van der Waals surface area contributed by atoms with Crippen LogP contribution in [0, 0.1) is 0 Å². The highest BCUT2D eigenvalue weighted by Crippen LogP contribution is 2.32. The second-order valence-electron chi connectivity index (χ2n) is 7.06. The summed E-state index contributed by atoms with van der Waals surface area (Å²) in [4.78, 5) is 20.9. The van der Waals surface area contributed by atoms with Crippen molar-refractivity contribution >= 4 is 17.4 Å². The van der Waals surface area contributed by atoms with Crippen LogP contribution in [0.4, 0.5) is 11.5 Å². The molecule has 4 rings (SSSR count). The van der Waals surface area contributed by atoms with Crippen molar-refractivity contribution in [3.05, 3.63) is 71.7 Å². The smallest absolute Gasteiger partial charge is 0.275 e. The number of fused-ring (bicyclic) bond motifs is 1. The van der Waals surface area contributed by atoms with Crippen LogP contribution in [0.15, 0.2) is 54.9 Å². The molecule has 1 aliphatic heterocycles. The Balaban J connectivity index is 1.34. The average molecular weight is 390 g/mol. The molecule has 0 saturated heterocycles. The van der Waals surface area contributed by atoms with Crippen LogP contribution in [-0.2, 0) is 6.54 Å².